The van der Waals surface area contributed by atoms with E-state index in [4.69, 9.17) is 8.83 Å². The third-order valence-corrected chi connectivity index (χ3v) is 4.34. The van der Waals surface area contributed by atoms with Crippen molar-refractivity contribution < 1.29 is 13.6 Å². The lowest BCUT2D eigenvalue weighted by molar-refractivity contribution is -0.137. The summed E-state index contributed by atoms with van der Waals surface area (Å²) in [6, 6.07) is -0.244. The number of likely N-dealkylation sites (N-methyl/N-ethyl adjacent to an activating group) is 1. The molecule has 8 nitrogen and oxygen atoms in total. The van der Waals surface area contributed by atoms with Gasteiger partial charge in [-0.25, -0.2) is 9.97 Å². The molecular formula is C17H25N5O3. The summed E-state index contributed by atoms with van der Waals surface area (Å²) in [5, 5.41) is 0. The molecule has 1 unspecified atom stereocenters. The van der Waals surface area contributed by atoms with Crippen molar-refractivity contribution in [3.05, 3.63) is 35.7 Å². The van der Waals surface area contributed by atoms with E-state index >= 15 is 0 Å². The molecule has 1 aliphatic rings. The molecule has 0 bridgehead atoms. The lowest BCUT2D eigenvalue weighted by Gasteiger charge is -2.40. The predicted molar refractivity (Wildman–Crippen MR) is 90.6 cm³/mol. The van der Waals surface area contributed by atoms with Crippen LogP contribution in [-0.2, 0) is 17.9 Å². The van der Waals surface area contributed by atoms with Gasteiger partial charge in [0.15, 0.2) is 0 Å². The van der Waals surface area contributed by atoms with Gasteiger partial charge in [-0.2, -0.15) is 0 Å². The van der Waals surface area contributed by atoms with E-state index in [1.165, 1.54) is 0 Å². The third-order valence-electron chi connectivity index (χ3n) is 4.34. The van der Waals surface area contributed by atoms with Gasteiger partial charge in [-0.05, 0) is 13.8 Å². The first kappa shape index (κ1) is 17.6. The average molecular weight is 347 g/mol. The third kappa shape index (κ3) is 4.26. The highest BCUT2D eigenvalue weighted by Gasteiger charge is 2.34. The van der Waals surface area contributed by atoms with Gasteiger partial charge in [0.1, 0.15) is 17.6 Å². The van der Waals surface area contributed by atoms with Crippen LogP contribution in [0.5, 0.6) is 0 Å². The van der Waals surface area contributed by atoms with Crippen LogP contribution in [0, 0.1) is 13.8 Å². The molecule has 1 aliphatic heterocycles. The Bertz CT molecular complexity index is 723. The van der Waals surface area contributed by atoms with Crippen LogP contribution in [0.1, 0.15) is 23.3 Å². The maximum Gasteiger partial charge on any atom is 0.240 e. The Labute approximate surface area is 147 Å². The number of oxazole rings is 2. The van der Waals surface area contributed by atoms with E-state index < -0.39 is 0 Å². The minimum atomic E-state index is -0.244. The molecule has 1 amide bonds. The number of aromatic nitrogens is 2. The highest BCUT2D eigenvalue weighted by molar-refractivity contribution is 5.81. The topological polar surface area (TPSA) is 78.9 Å². The Kier molecular flexibility index (Phi) is 5.19. The fourth-order valence-electron chi connectivity index (χ4n) is 3.06. The Balaban J connectivity index is 1.70. The number of carbonyl (C=O) groups is 1. The van der Waals surface area contributed by atoms with Crippen molar-refractivity contribution >= 4 is 5.91 Å². The van der Waals surface area contributed by atoms with Crippen LogP contribution in [0.15, 0.2) is 21.2 Å². The number of aryl methyl sites for hydroxylation is 2. The van der Waals surface area contributed by atoms with Crippen LogP contribution in [0.3, 0.4) is 0 Å². The highest BCUT2D eigenvalue weighted by Crippen LogP contribution is 2.18. The van der Waals surface area contributed by atoms with Gasteiger partial charge in [0.25, 0.3) is 0 Å². The Morgan fingerprint density at radius 3 is 2.24 bits per heavy atom. The number of nitrogens with zero attached hydrogens (tertiary/aromatic N) is 5. The zero-order valence-corrected chi connectivity index (χ0v) is 15.2. The van der Waals surface area contributed by atoms with Crippen LogP contribution in [-0.4, -0.2) is 70.3 Å². The molecule has 1 fully saturated rings. The lowest BCUT2D eigenvalue weighted by atomic mass is 10.1. The fourth-order valence-corrected chi connectivity index (χ4v) is 3.06. The number of carbonyl (C=O) groups excluding carboxylic acids is 1. The molecule has 2 aromatic rings. The maximum atomic E-state index is 12.7. The zero-order chi connectivity index (χ0) is 18.0. The molecule has 1 atom stereocenters. The van der Waals surface area contributed by atoms with Crippen molar-refractivity contribution in [3.8, 4) is 0 Å². The van der Waals surface area contributed by atoms with Crippen LogP contribution in [0.4, 0.5) is 0 Å². The van der Waals surface area contributed by atoms with Crippen LogP contribution in [0.2, 0.25) is 0 Å². The minimum absolute atomic E-state index is 0.0802. The van der Waals surface area contributed by atoms with Crippen molar-refractivity contribution in [2.24, 2.45) is 0 Å². The standard InChI is InChI=1S/C17H25N5O3/c1-12-7-18-15(24-12)10-21-5-6-22(11-16-19-8-13(2)25-16)14(9-21)17(23)20(3)4/h7-8,14H,5-6,9-11H2,1-4H3. The van der Waals surface area contributed by atoms with Crippen LogP contribution < -0.4 is 0 Å². The first-order chi connectivity index (χ1) is 11.9. The highest BCUT2D eigenvalue weighted by atomic mass is 16.4. The first-order valence-corrected chi connectivity index (χ1v) is 8.42. The number of hydrogen-bond donors (Lipinski definition) is 0. The molecule has 25 heavy (non-hydrogen) atoms. The average Bonchev–Trinajstić information content (AvgIpc) is 3.16. The van der Waals surface area contributed by atoms with Crippen molar-refractivity contribution in [1.29, 1.82) is 0 Å². The second kappa shape index (κ2) is 7.37. The molecule has 0 radical (unpaired) electrons. The van der Waals surface area contributed by atoms with Crippen molar-refractivity contribution in [1.82, 2.24) is 24.7 Å². The quantitative estimate of drug-likeness (QED) is 0.800. The summed E-state index contributed by atoms with van der Waals surface area (Å²) in [5.74, 6) is 2.99. The van der Waals surface area contributed by atoms with Gasteiger partial charge in [-0.15, -0.1) is 0 Å². The molecule has 3 heterocycles. The van der Waals surface area contributed by atoms with E-state index in [2.05, 4.69) is 19.8 Å². The summed E-state index contributed by atoms with van der Waals surface area (Å²) in [5.41, 5.74) is 0. The zero-order valence-electron chi connectivity index (χ0n) is 15.2. The van der Waals surface area contributed by atoms with Crippen LogP contribution in [0.25, 0.3) is 0 Å². The molecule has 0 saturated carbocycles. The SMILES string of the molecule is Cc1cnc(CN2CCN(Cc3ncc(C)o3)C(C(=O)N(C)C)C2)o1. The molecule has 8 heteroatoms. The van der Waals surface area contributed by atoms with Crippen molar-refractivity contribution in [3.63, 3.8) is 0 Å². The number of piperazine rings is 1. The van der Waals surface area contributed by atoms with E-state index in [0.29, 0.717) is 31.4 Å². The van der Waals surface area contributed by atoms with Crippen molar-refractivity contribution in [2.75, 3.05) is 33.7 Å². The summed E-state index contributed by atoms with van der Waals surface area (Å²) in [6.45, 7) is 7.10. The number of hydrogen-bond acceptors (Lipinski definition) is 7. The Morgan fingerprint density at radius 2 is 1.72 bits per heavy atom. The van der Waals surface area contributed by atoms with Crippen LogP contribution >= 0.6 is 0 Å². The summed E-state index contributed by atoms with van der Waals surface area (Å²) in [7, 11) is 3.57. The fraction of sp³-hybridized carbons (Fsp3) is 0.588. The maximum absolute atomic E-state index is 12.7. The monoisotopic (exact) mass is 347 g/mol. The summed E-state index contributed by atoms with van der Waals surface area (Å²) in [4.78, 5) is 27.2. The minimum Gasteiger partial charge on any atom is -0.445 e. The van der Waals surface area contributed by atoms with Gasteiger partial charge in [0.05, 0.1) is 25.5 Å². The van der Waals surface area contributed by atoms with Crippen molar-refractivity contribution in [2.45, 2.75) is 33.0 Å². The molecule has 1 saturated heterocycles. The summed E-state index contributed by atoms with van der Waals surface area (Å²) >= 11 is 0. The van der Waals surface area contributed by atoms with Gasteiger partial charge >= 0.3 is 0 Å². The Hall–Kier alpha value is -2.19. The second-order valence-corrected chi connectivity index (χ2v) is 6.68. The molecule has 2 aromatic heterocycles. The number of amides is 1. The van der Waals surface area contributed by atoms with Gasteiger partial charge < -0.3 is 13.7 Å². The Morgan fingerprint density at radius 1 is 1.12 bits per heavy atom. The molecule has 0 N–H and O–H groups in total. The largest absolute Gasteiger partial charge is 0.445 e. The first-order valence-electron chi connectivity index (χ1n) is 8.42. The van der Waals surface area contributed by atoms with Gasteiger partial charge in [0.2, 0.25) is 17.7 Å². The summed E-state index contributed by atoms with van der Waals surface area (Å²) in [6.07, 6.45) is 3.43. The molecular weight excluding hydrogens is 322 g/mol. The van der Waals surface area contributed by atoms with Gasteiger partial charge in [-0.1, -0.05) is 0 Å². The smallest absolute Gasteiger partial charge is 0.240 e. The van der Waals surface area contributed by atoms with E-state index in [1.807, 2.05) is 13.8 Å². The lowest BCUT2D eigenvalue weighted by Crippen LogP contribution is -2.58. The molecule has 136 valence electrons. The van der Waals surface area contributed by atoms with E-state index in [-0.39, 0.29) is 11.9 Å². The van der Waals surface area contributed by atoms with Gasteiger partial charge in [-0.3, -0.25) is 14.6 Å². The second-order valence-electron chi connectivity index (χ2n) is 6.68. The van der Waals surface area contributed by atoms with Gasteiger partial charge in [0, 0.05) is 33.7 Å². The molecule has 3 rings (SSSR count). The summed E-state index contributed by atoms with van der Waals surface area (Å²) < 4.78 is 11.2. The van der Waals surface area contributed by atoms with E-state index in [0.717, 1.165) is 24.6 Å². The predicted octanol–water partition coefficient (Wildman–Crippen LogP) is 1.05. The number of rotatable bonds is 5. The molecule has 0 spiro atoms. The molecule has 0 aromatic carbocycles. The molecule has 0 aliphatic carbocycles. The normalized spacial score (nSPS) is 19.3. The van der Waals surface area contributed by atoms with E-state index in [1.54, 1.807) is 31.4 Å². The van der Waals surface area contributed by atoms with E-state index in [9.17, 15) is 4.79 Å².